The number of amides is 2. The molecule has 0 unspecified atom stereocenters. The number of benzene rings is 1. The first kappa shape index (κ1) is 12.3. The predicted molar refractivity (Wildman–Crippen MR) is 66.9 cm³/mol. The zero-order chi connectivity index (χ0) is 12.3. The smallest absolute Gasteiger partial charge is 0.317 e. The quantitative estimate of drug-likeness (QED) is 0.916. The molecule has 1 aromatic rings. The van der Waals surface area contributed by atoms with E-state index in [4.69, 9.17) is 27.9 Å². The number of halogens is 2. The van der Waals surface area contributed by atoms with E-state index in [1.54, 1.807) is 23.1 Å². The lowest BCUT2D eigenvalue weighted by Crippen LogP contribution is -2.31. The van der Waals surface area contributed by atoms with Gasteiger partial charge in [-0.05, 0) is 12.1 Å². The second kappa shape index (κ2) is 5.47. The van der Waals surface area contributed by atoms with Gasteiger partial charge in [-0.25, -0.2) is 4.79 Å². The normalized spacial score (nSPS) is 14.9. The topological polar surface area (TPSA) is 41.6 Å². The fraction of sp³-hybridized carbons (Fsp3) is 0.364. The number of nitrogens with one attached hydrogen (secondary N) is 1. The molecule has 2 rings (SSSR count). The largest absolute Gasteiger partial charge is 0.490 e. The summed E-state index contributed by atoms with van der Waals surface area (Å²) in [6.45, 7) is 2.34. The number of ether oxygens (including phenoxy) is 1. The average molecular weight is 275 g/mol. The Labute approximate surface area is 109 Å². The van der Waals surface area contributed by atoms with Gasteiger partial charge in [-0.15, -0.1) is 0 Å². The summed E-state index contributed by atoms with van der Waals surface area (Å²) < 4.78 is 5.49. The molecule has 1 aliphatic heterocycles. The molecular formula is C11H12Cl2N2O2. The molecule has 1 aliphatic rings. The molecule has 17 heavy (non-hydrogen) atoms. The molecule has 0 radical (unpaired) electrons. The van der Waals surface area contributed by atoms with Gasteiger partial charge in [-0.1, -0.05) is 23.2 Å². The molecular weight excluding hydrogens is 263 g/mol. The Morgan fingerprint density at radius 2 is 2.24 bits per heavy atom. The molecule has 1 heterocycles. The summed E-state index contributed by atoms with van der Waals surface area (Å²) in [5.74, 6) is 0.541. The number of carbonyl (C=O) groups excluding carboxylic acids is 1. The fourth-order valence-corrected chi connectivity index (χ4v) is 1.91. The summed E-state index contributed by atoms with van der Waals surface area (Å²) in [6.07, 6.45) is 0. The van der Waals surface area contributed by atoms with Crippen LogP contribution in [0.25, 0.3) is 0 Å². The van der Waals surface area contributed by atoms with Crippen LogP contribution in [0.15, 0.2) is 18.2 Å². The second-order valence-corrected chi connectivity index (χ2v) is 4.49. The SMILES string of the molecule is O=C1NCCN1CCOc1cc(Cl)ccc1Cl. The molecule has 4 nitrogen and oxygen atoms in total. The van der Waals surface area contributed by atoms with Gasteiger partial charge in [0.2, 0.25) is 0 Å². The lowest BCUT2D eigenvalue weighted by atomic mass is 10.3. The number of urea groups is 1. The summed E-state index contributed by atoms with van der Waals surface area (Å²) >= 11 is 11.8. The molecule has 2 amide bonds. The van der Waals surface area contributed by atoms with E-state index in [1.807, 2.05) is 0 Å². The third kappa shape index (κ3) is 3.17. The first-order chi connectivity index (χ1) is 8.16. The Morgan fingerprint density at radius 3 is 2.94 bits per heavy atom. The number of hydrogen-bond donors (Lipinski definition) is 1. The summed E-state index contributed by atoms with van der Waals surface area (Å²) in [4.78, 5) is 12.9. The van der Waals surface area contributed by atoms with Gasteiger partial charge in [0.1, 0.15) is 12.4 Å². The maximum atomic E-state index is 11.2. The van der Waals surface area contributed by atoms with E-state index in [2.05, 4.69) is 5.32 Å². The minimum Gasteiger partial charge on any atom is -0.490 e. The molecule has 92 valence electrons. The number of hydrogen-bond acceptors (Lipinski definition) is 2. The molecule has 0 bridgehead atoms. The highest BCUT2D eigenvalue weighted by molar-refractivity contribution is 6.34. The lowest BCUT2D eigenvalue weighted by Gasteiger charge is -2.15. The van der Waals surface area contributed by atoms with Crippen LogP contribution in [-0.2, 0) is 0 Å². The van der Waals surface area contributed by atoms with Crippen LogP contribution in [0.2, 0.25) is 10.0 Å². The highest BCUT2D eigenvalue weighted by atomic mass is 35.5. The number of rotatable bonds is 4. The van der Waals surface area contributed by atoms with E-state index in [0.29, 0.717) is 42.0 Å². The van der Waals surface area contributed by atoms with Crippen molar-refractivity contribution < 1.29 is 9.53 Å². The van der Waals surface area contributed by atoms with E-state index in [1.165, 1.54) is 0 Å². The highest BCUT2D eigenvalue weighted by Gasteiger charge is 2.18. The van der Waals surface area contributed by atoms with Crippen LogP contribution < -0.4 is 10.1 Å². The Hall–Kier alpha value is -1.13. The van der Waals surface area contributed by atoms with Crippen LogP contribution in [0, 0.1) is 0 Å². The molecule has 1 saturated heterocycles. The molecule has 6 heteroatoms. The molecule has 0 spiro atoms. The average Bonchev–Trinajstić information content (AvgIpc) is 2.70. The fourth-order valence-electron chi connectivity index (χ4n) is 1.58. The Balaban J connectivity index is 1.85. The van der Waals surface area contributed by atoms with Crippen molar-refractivity contribution in [3.8, 4) is 5.75 Å². The second-order valence-electron chi connectivity index (χ2n) is 3.64. The van der Waals surface area contributed by atoms with E-state index < -0.39 is 0 Å². The van der Waals surface area contributed by atoms with Gasteiger partial charge < -0.3 is 15.0 Å². The van der Waals surface area contributed by atoms with Crippen molar-refractivity contribution in [3.63, 3.8) is 0 Å². The minimum absolute atomic E-state index is 0.0502. The van der Waals surface area contributed by atoms with Crippen LogP contribution in [0.1, 0.15) is 0 Å². The molecule has 0 aromatic heterocycles. The predicted octanol–water partition coefficient (Wildman–Crippen LogP) is 2.40. The van der Waals surface area contributed by atoms with Gasteiger partial charge in [-0.3, -0.25) is 0 Å². The summed E-state index contributed by atoms with van der Waals surface area (Å²) in [6, 6.07) is 4.99. The van der Waals surface area contributed by atoms with E-state index in [9.17, 15) is 4.79 Å². The van der Waals surface area contributed by atoms with Crippen molar-refractivity contribution in [2.24, 2.45) is 0 Å². The van der Waals surface area contributed by atoms with Crippen LogP contribution in [0.4, 0.5) is 4.79 Å². The number of nitrogens with zero attached hydrogens (tertiary/aromatic N) is 1. The molecule has 0 saturated carbocycles. The Kier molecular flexibility index (Phi) is 3.97. The van der Waals surface area contributed by atoms with Crippen molar-refractivity contribution in [2.45, 2.75) is 0 Å². The van der Waals surface area contributed by atoms with E-state index in [-0.39, 0.29) is 6.03 Å². The molecule has 0 aliphatic carbocycles. The summed E-state index contributed by atoms with van der Waals surface area (Å²) in [5.41, 5.74) is 0. The van der Waals surface area contributed by atoms with Crippen LogP contribution >= 0.6 is 23.2 Å². The van der Waals surface area contributed by atoms with Gasteiger partial charge in [-0.2, -0.15) is 0 Å². The Bertz CT molecular complexity index is 426. The first-order valence-electron chi connectivity index (χ1n) is 5.27. The van der Waals surface area contributed by atoms with Crippen molar-refractivity contribution in [2.75, 3.05) is 26.2 Å². The van der Waals surface area contributed by atoms with Crippen LogP contribution in [-0.4, -0.2) is 37.2 Å². The van der Waals surface area contributed by atoms with Gasteiger partial charge in [0, 0.05) is 24.2 Å². The van der Waals surface area contributed by atoms with Gasteiger partial charge in [0.15, 0.2) is 0 Å². The number of carbonyl (C=O) groups is 1. The van der Waals surface area contributed by atoms with E-state index in [0.717, 1.165) is 0 Å². The molecule has 1 fully saturated rings. The molecule has 1 N–H and O–H groups in total. The van der Waals surface area contributed by atoms with Crippen molar-refractivity contribution in [3.05, 3.63) is 28.2 Å². The maximum absolute atomic E-state index is 11.2. The van der Waals surface area contributed by atoms with Crippen LogP contribution in [0.3, 0.4) is 0 Å². The van der Waals surface area contributed by atoms with Gasteiger partial charge in [0.25, 0.3) is 0 Å². The first-order valence-corrected chi connectivity index (χ1v) is 6.03. The highest BCUT2D eigenvalue weighted by Crippen LogP contribution is 2.27. The van der Waals surface area contributed by atoms with Crippen molar-refractivity contribution in [1.29, 1.82) is 0 Å². The van der Waals surface area contributed by atoms with Gasteiger partial charge in [0.05, 0.1) is 11.6 Å². The van der Waals surface area contributed by atoms with Crippen molar-refractivity contribution >= 4 is 29.2 Å². The van der Waals surface area contributed by atoms with Gasteiger partial charge >= 0.3 is 6.03 Å². The zero-order valence-corrected chi connectivity index (χ0v) is 10.6. The third-order valence-electron chi connectivity index (χ3n) is 2.46. The third-order valence-corrected chi connectivity index (χ3v) is 3.00. The lowest BCUT2D eigenvalue weighted by molar-refractivity contribution is 0.202. The zero-order valence-electron chi connectivity index (χ0n) is 9.08. The van der Waals surface area contributed by atoms with Crippen LogP contribution in [0.5, 0.6) is 5.75 Å². The summed E-state index contributed by atoms with van der Waals surface area (Å²) in [7, 11) is 0. The molecule has 0 atom stereocenters. The van der Waals surface area contributed by atoms with E-state index >= 15 is 0 Å². The summed E-state index contributed by atoms with van der Waals surface area (Å²) in [5, 5.41) is 3.81. The Morgan fingerprint density at radius 1 is 1.41 bits per heavy atom. The molecule has 1 aromatic carbocycles. The monoisotopic (exact) mass is 274 g/mol. The maximum Gasteiger partial charge on any atom is 0.317 e. The minimum atomic E-state index is -0.0502. The van der Waals surface area contributed by atoms with Crippen molar-refractivity contribution in [1.82, 2.24) is 10.2 Å². The standard InChI is InChI=1S/C11H12Cl2N2O2/c12-8-1-2-9(13)10(7-8)17-6-5-15-4-3-14-11(15)16/h1-2,7H,3-6H2,(H,14,16).